The number of rotatable bonds is 4. The van der Waals surface area contributed by atoms with Crippen LogP contribution >= 0.6 is 11.6 Å². The standard InChI is InChI=1S/C17H22ClN3O3/c1-23-15-7-11(19)13(8-16(15)24-2)21-17(22)14-6-9-5-10(18)3-4-12(9)20-14/h3-6,11,13,15-16,20H,7-8,19H2,1-2H3,(H,21,22). The highest BCUT2D eigenvalue weighted by Gasteiger charge is 2.36. The largest absolute Gasteiger partial charge is 0.379 e. The molecule has 0 saturated heterocycles. The molecule has 1 fully saturated rings. The van der Waals surface area contributed by atoms with E-state index in [1.54, 1.807) is 26.4 Å². The van der Waals surface area contributed by atoms with Crippen LogP contribution in [0.2, 0.25) is 5.02 Å². The molecule has 1 aromatic heterocycles. The van der Waals surface area contributed by atoms with E-state index in [4.69, 9.17) is 26.8 Å². The fraction of sp³-hybridized carbons (Fsp3) is 0.471. The summed E-state index contributed by atoms with van der Waals surface area (Å²) in [7, 11) is 3.30. The maximum Gasteiger partial charge on any atom is 0.268 e. The van der Waals surface area contributed by atoms with Gasteiger partial charge in [0.2, 0.25) is 0 Å². The van der Waals surface area contributed by atoms with Crippen molar-refractivity contribution in [3.8, 4) is 0 Å². The third kappa shape index (κ3) is 3.42. The molecule has 2 aromatic rings. The Morgan fingerprint density at radius 1 is 1.25 bits per heavy atom. The van der Waals surface area contributed by atoms with E-state index in [0.717, 1.165) is 10.9 Å². The fourth-order valence-electron chi connectivity index (χ4n) is 3.30. The number of nitrogens with two attached hydrogens (primary N) is 1. The molecule has 0 radical (unpaired) electrons. The molecule has 1 aliphatic rings. The zero-order valence-corrected chi connectivity index (χ0v) is 14.5. The number of benzene rings is 1. The molecule has 4 unspecified atom stereocenters. The molecule has 4 N–H and O–H groups in total. The topological polar surface area (TPSA) is 89.4 Å². The van der Waals surface area contributed by atoms with Gasteiger partial charge in [-0.05, 0) is 37.1 Å². The summed E-state index contributed by atoms with van der Waals surface area (Å²) in [6, 6.07) is 6.91. The Kier molecular flexibility index (Phi) is 5.10. The monoisotopic (exact) mass is 351 g/mol. The lowest BCUT2D eigenvalue weighted by Crippen LogP contribution is -2.57. The highest BCUT2D eigenvalue weighted by atomic mass is 35.5. The molecule has 1 aromatic carbocycles. The first-order valence-electron chi connectivity index (χ1n) is 7.92. The van der Waals surface area contributed by atoms with Crippen molar-refractivity contribution in [3.63, 3.8) is 0 Å². The predicted octanol–water partition coefficient (Wildman–Crippen LogP) is 2.07. The van der Waals surface area contributed by atoms with Crippen LogP contribution in [-0.2, 0) is 9.47 Å². The van der Waals surface area contributed by atoms with E-state index < -0.39 is 0 Å². The first-order valence-corrected chi connectivity index (χ1v) is 8.30. The number of hydrogen-bond donors (Lipinski definition) is 3. The van der Waals surface area contributed by atoms with Crippen molar-refractivity contribution in [2.24, 2.45) is 5.73 Å². The van der Waals surface area contributed by atoms with E-state index in [1.807, 2.05) is 12.1 Å². The Hall–Kier alpha value is -1.60. The molecular weight excluding hydrogens is 330 g/mol. The van der Waals surface area contributed by atoms with Crippen LogP contribution < -0.4 is 11.1 Å². The molecule has 1 saturated carbocycles. The Balaban J connectivity index is 1.73. The average molecular weight is 352 g/mol. The van der Waals surface area contributed by atoms with Crippen molar-refractivity contribution < 1.29 is 14.3 Å². The lowest BCUT2D eigenvalue weighted by molar-refractivity contribution is -0.0684. The molecule has 1 heterocycles. The number of ether oxygens (including phenoxy) is 2. The van der Waals surface area contributed by atoms with Gasteiger partial charge in [0.25, 0.3) is 5.91 Å². The maximum absolute atomic E-state index is 12.6. The van der Waals surface area contributed by atoms with E-state index in [-0.39, 0.29) is 30.2 Å². The second-order valence-electron chi connectivity index (χ2n) is 6.18. The minimum Gasteiger partial charge on any atom is -0.379 e. The lowest BCUT2D eigenvalue weighted by atomic mass is 9.86. The number of hydrogen-bond acceptors (Lipinski definition) is 4. The van der Waals surface area contributed by atoms with E-state index >= 15 is 0 Å². The average Bonchev–Trinajstić information content (AvgIpc) is 2.99. The number of carbonyl (C=O) groups is 1. The third-order valence-electron chi connectivity index (χ3n) is 4.67. The van der Waals surface area contributed by atoms with Crippen LogP contribution in [0.1, 0.15) is 23.3 Å². The van der Waals surface area contributed by atoms with Gasteiger partial charge in [0, 0.05) is 42.2 Å². The van der Waals surface area contributed by atoms with Gasteiger partial charge < -0.3 is 25.5 Å². The summed E-state index contributed by atoms with van der Waals surface area (Å²) in [5.74, 6) is -0.187. The van der Waals surface area contributed by atoms with Crippen molar-refractivity contribution in [3.05, 3.63) is 35.0 Å². The van der Waals surface area contributed by atoms with Gasteiger partial charge in [-0.1, -0.05) is 11.6 Å². The highest BCUT2D eigenvalue weighted by molar-refractivity contribution is 6.31. The zero-order chi connectivity index (χ0) is 17.3. The second-order valence-corrected chi connectivity index (χ2v) is 6.61. The van der Waals surface area contributed by atoms with E-state index in [9.17, 15) is 4.79 Å². The van der Waals surface area contributed by atoms with Gasteiger partial charge in [-0.3, -0.25) is 4.79 Å². The third-order valence-corrected chi connectivity index (χ3v) is 4.91. The summed E-state index contributed by atoms with van der Waals surface area (Å²) in [6.45, 7) is 0. The number of carbonyl (C=O) groups excluding carboxylic acids is 1. The van der Waals surface area contributed by atoms with Crippen LogP contribution in [0.25, 0.3) is 10.9 Å². The fourth-order valence-corrected chi connectivity index (χ4v) is 3.48. The highest BCUT2D eigenvalue weighted by Crippen LogP contribution is 2.24. The predicted molar refractivity (Wildman–Crippen MR) is 93.4 cm³/mol. The van der Waals surface area contributed by atoms with Crippen LogP contribution in [0.15, 0.2) is 24.3 Å². The Bertz CT molecular complexity index is 733. The summed E-state index contributed by atoms with van der Waals surface area (Å²) in [6.07, 6.45) is 1.13. The van der Waals surface area contributed by atoms with Gasteiger partial charge in [-0.2, -0.15) is 0 Å². The molecule has 7 heteroatoms. The quantitative estimate of drug-likeness (QED) is 0.786. The van der Waals surface area contributed by atoms with Crippen LogP contribution in [-0.4, -0.2) is 49.4 Å². The molecular formula is C17H22ClN3O3. The number of methoxy groups -OCH3 is 2. The molecule has 6 nitrogen and oxygen atoms in total. The van der Waals surface area contributed by atoms with Crippen LogP contribution in [0.5, 0.6) is 0 Å². The van der Waals surface area contributed by atoms with Crippen LogP contribution in [0.4, 0.5) is 0 Å². The summed E-state index contributed by atoms with van der Waals surface area (Å²) < 4.78 is 10.9. The molecule has 0 aliphatic heterocycles. The molecule has 1 amide bonds. The van der Waals surface area contributed by atoms with Gasteiger partial charge in [0.15, 0.2) is 0 Å². The minimum atomic E-state index is -0.187. The number of halogens is 1. The maximum atomic E-state index is 12.6. The van der Waals surface area contributed by atoms with Crippen molar-refractivity contribution in [1.82, 2.24) is 10.3 Å². The molecule has 130 valence electrons. The van der Waals surface area contributed by atoms with Gasteiger partial charge >= 0.3 is 0 Å². The number of aromatic nitrogens is 1. The van der Waals surface area contributed by atoms with E-state index in [1.165, 1.54) is 0 Å². The normalized spacial score (nSPS) is 27.3. The van der Waals surface area contributed by atoms with Crippen LogP contribution in [0, 0.1) is 0 Å². The molecule has 0 bridgehead atoms. The molecule has 1 aliphatic carbocycles. The minimum absolute atomic E-state index is 0.0478. The van der Waals surface area contributed by atoms with Crippen molar-refractivity contribution in [1.29, 1.82) is 0 Å². The van der Waals surface area contributed by atoms with Gasteiger partial charge in [0.05, 0.1) is 12.2 Å². The van der Waals surface area contributed by atoms with Gasteiger partial charge in [-0.15, -0.1) is 0 Å². The number of nitrogens with one attached hydrogen (secondary N) is 2. The number of fused-ring (bicyclic) bond motifs is 1. The Morgan fingerprint density at radius 2 is 1.96 bits per heavy atom. The van der Waals surface area contributed by atoms with Crippen LogP contribution in [0.3, 0.4) is 0 Å². The molecule has 3 rings (SSSR count). The summed E-state index contributed by atoms with van der Waals surface area (Å²) in [5.41, 5.74) is 7.56. The Labute approximate surface area is 145 Å². The smallest absolute Gasteiger partial charge is 0.268 e. The van der Waals surface area contributed by atoms with Gasteiger partial charge in [-0.25, -0.2) is 0 Å². The first kappa shape index (κ1) is 17.2. The van der Waals surface area contributed by atoms with E-state index in [0.29, 0.717) is 23.6 Å². The van der Waals surface area contributed by atoms with Crippen molar-refractivity contribution >= 4 is 28.4 Å². The molecule has 0 spiro atoms. The first-order chi connectivity index (χ1) is 11.5. The summed E-state index contributed by atoms with van der Waals surface area (Å²) >= 11 is 5.98. The van der Waals surface area contributed by atoms with Crippen molar-refractivity contribution in [2.75, 3.05) is 14.2 Å². The zero-order valence-electron chi connectivity index (χ0n) is 13.7. The lowest BCUT2D eigenvalue weighted by Gasteiger charge is -2.38. The Morgan fingerprint density at radius 3 is 2.67 bits per heavy atom. The number of amides is 1. The van der Waals surface area contributed by atoms with Gasteiger partial charge in [0.1, 0.15) is 5.69 Å². The SMILES string of the molecule is COC1CC(N)C(NC(=O)c2cc3cc(Cl)ccc3[nH]2)CC1OC. The summed E-state index contributed by atoms with van der Waals surface area (Å²) in [5, 5.41) is 4.54. The number of aromatic amines is 1. The van der Waals surface area contributed by atoms with Crippen molar-refractivity contribution in [2.45, 2.75) is 37.1 Å². The molecule has 4 atom stereocenters. The summed E-state index contributed by atoms with van der Waals surface area (Å²) in [4.78, 5) is 15.7. The second kappa shape index (κ2) is 7.11. The number of H-pyrrole nitrogens is 1. The molecule has 24 heavy (non-hydrogen) atoms. The van der Waals surface area contributed by atoms with E-state index in [2.05, 4.69) is 10.3 Å².